The highest BCUT2D eigenvalue weighted by Gasteiger charge is 2.39. The van der Waals surface area contributed by atoms with E-state index in [1.54, 1.807) is 26.0 Å². The largest absolute Gasteiger partial charge is 0.387 e. The number of benzene rings is 3. The molecular weight excluding hydrogens is 442 g/mol. The van der Waals surface area contributed by atoms with Crippen molar-refractivity contribution in [3.63, 3.8) is 0 Å². The number of Topliss-reactive ketones (excluding diaryl/α,β-unsaturated/α-hetero) is 1. The van der Waals surface area contributed by atoms with Gasteiger partial charge in [0.25, 0.3) is 5.69 Å². The Morgan fingerprint density at radius 2 is 1.63 bits per heavy atom. The summed E-state index contributed by atoms with van der Waals surface area (Å²) in [5.41, 5.74) is 2.81. The molecule has 0 spiro atoms. The lowest BCUT2D eigenvalue weighted by Crippen LogP contribution is -2.15. The normalized spacial score (nSPS) is 19.5. The molecule has 6 nitrogen and oxygen atoms in total. The van der Waals surface area contributed by atoms with Gasteiger partial charge in [-0.3, -0.25) is 14.9 Å². The summed E-state index contributed by atoms with van der Waals surface area (Å²) in [5, 5.41) is 20.3. The van der Waals surface area contributed by atoms with E-state index < -0.39 is 11.0 Å². The lowest BCUT2D eigenvalue weighted by molar-refractivity contribution is -0.384. The molecule has 3 aromatic rings. The standard InChI is InChI=1S/C18H17NO4.C11H12O/c1-12(20)16-11-17(13-5-3-2-4-6-13)23-18(16)14-7-9-15(10-8-14)19(21)22;1-2-3-9-11(12)10-7-5-4-6-8-10/h2-10,16-18H,11H2,1H3;4-8,11-12H,9H2,1H3/t16-,17+,18+;/m1./s1. The van der Waals surface area contributed by atoms with Gasteiger partial charge in [-0.05, 0) is 49.1 Å². The van der Waals surface area contributed by atoms with E-state index in [9.17, 15) is 20.0 Å². The van der Waals surface area contributed by atoms with Crippen molar-refractivity contribution in [2.45, 2.75) is 45.0 Å². The van der Waals surface area contributed by atoms with E-state index >= 15 is 0 Å². The van der Waals surface area contributed by atoms with Crippen molar-refractivity contribution in [2.75, 3.05) is 0 Å². The third-order valence-electron chi connectivity index (χ3n) is 5.93. The molecule has 6 heteroatoms. The number of ether oxygens (including phenoxy) is 1. The Morgan fingerprint density at radius 1 is 1.03 bits per heavy atom. The molecule has 180 valence electrons. The van der Waals surface area contributed by atoms with E-state index in [4.69, 9.17) is 4.74 Å². The molecule has 1 fully saturated rings. The molecule has 1 saturated heterocycles. The molecule has 0 bridgehead atoms. The average Bonchev–Trinajstić information content (AvgIpc) is 3.35. The van der Waals surface area contributed by atoms with E-state index in [1.165, 1.54) is 12.1 Å². The SMILES string of the molecule is CC#CCC(O)c1ccccc1.CC(=O)[C@H]1C[C@@H](c2ccccc2)O[C@H]1c1ccc([N+](=O)[O-])cc1. The minimum Gasteiger partial charge on any atom is -0.387 e. The summed E-state index contributed by atoms with van der Waals surface area (Å²) in [5.74, 6) is 5.45. The number of hydrogen-bond donors (Lipinski definition) is 1. The Bertz CT molecular complexity index is 1170. The maximum atomic E-state index is 12.0. The van der Waals surface area contributed by atoms with Crippen LogP contribution in [0.1, 0.15) is 61.7 Å². The van der Waals surface area contributed by atoms with Crippen molar-refractivity contribution < 1.29 is 19.6 Å². The van der Waals surface area contributed by atoms with Gasteiger partial charge in [0.2, 0.25) is 0 Å². The van der Waals surface area contributed by atoms with E-state index in [0.717, 1.165) is 16.7 Å². The second kappa shape index (κ2) is 12.6. The molecule has 4 atom stereocenters. The first-order valence-corrected chi connectivity index (χ1v) is 11.5. The smallest absolute Gasteiger partial charge is 0.269 e. The lowest BCUT2D eigenvalue weighted by Gasteiger charge is -2.17. The fourth-order valence-corrected chi connectivity index (χ4v) is 4.03. The summed E-state index contributed by atoms with van der Waals surface area (Å²) < 4.78 is 6.12. The summed E-state index contributed by atoms with van der Waals surface area (Å²) in [4.78, 5) is 22.3. The van der Waals surface area contributed by atoms with Gasteiger partial charge >= 0.3 is 0 Å². The van der Waals surface area contributed by atoms with Crippen molar-refractivity contribution in [3.8, 4) is 11.8 Å². The molecule has 1 heterocycles. The number of hydrogen-bond acceptors (Lipinski definition) is 5. The second-order valence-electron chi connectivity index (χ2n) is 8.31. The number of nitro groups is 1. The number of non-ortho nitro benzene ring substituents is 1. The molecule has 1 aliphatic rings. The van der Waals surface area contributed by atoms with E-state index in [-0.39, 0.29) is 29.6 Å². The molecule has 1 unspecified atom stereocenters. The van der Waals surface area contributed by atoms with Crippen LogP contribution in [0.15, 0.2) is 84.9 Å². The summed E-state index contributed by atoms with van der Waals surface area (Å²) >= 11 is 0. The molecule has 35 heavy (non-hydrogen) atoms. The number of carbonyl (C=O) groups excluding carboxylic acids is 1. The monoisotopic (exact) mass is 471 g/mol. The first-order chi connectivity index (χ1) is 16.9. The first-order valence-electron chi connectivity index (χ1n) is 11.5. The van der Waals surface area contributed by atoms with Crippen LogP contribution in [-0.4, -0.2) is 15.8 Å². The Labute approximate surface area is 205 Å². The molecule has 0 amide bonds. The first kappa shape index (κ1) is 25.8. The van der Waals surface area contributed by atoms with E-state index in [2.05, 4.69) is 11.8 Å². The summed E-state index contributed by atoms with van der Waals surface area (Å²) in [6.07, 6.45) is 0.198. The van der Waals surface area contributed by atoms with Crippen LogP contribution in [0, 0.1) is 27.9 Å². The summed E-state index contributed by atoms with van der Waals surface area (Å²) in [6.45, 7) is 3.34. The van der Waals surface area contributed by atoms with Gasteiger partial charge in [0, 0.05) is 18.6 Å². The number of nitrogens with zero attached hydrogens (tertiary/aromatic N) is 1. The molecule has 0 aliphatic carbocycles. The van der Waals surface area contributed by atoms with Crippen LogP contribution < -0.4 is 0 Å². The maximum absolute atomic E-state index is 12.0. The van der Waals surface area contributed by atoms with Gasteiger partial charge in [-0.25, -0.2) is 0 Å². The van der Waals surface area contributed by atoms with Crippen molar-refractivity contribution >= 4 is 11.5 Å². The van der Waals surface area contributed by atoms with Crippen LogP contribution in [0.4, 0.5) is 5.69 Å². The van der Waals surface area contributed by atoms with Crippen LogP contribution in [0.25, 0.3) is 0 Å². The summed E-state index contributed by atoms with van der Waals surface area (Å²) in [6, 6.07) is 25.6. The molecule has 4 rings (SSSR count). The number of rotatable bonds is 6. The second-order valence-corrected chi connectivity index (χ2v) is 8.31. The zero-order valence-corrected chi connectivity index (χ0v) is 19.8. The Balaban J connectivity index is 0.000000241. The Kier molecular flexibility index (Phi) is 9.31. The molecule has 0 aromatic heterocycles. The fourth-order valence-electron chi connectivity index (χ4n) is 4.03. The molecule has 1 aliphatic heterocycles. The van der Waals surface area contributed by atoms with Crippen LogP contribution in [0.3, 0.4) is 0 Å². The van der Waals surface area contributed by atoms with Crippen LogP contribution in [0.5, 0.6) is 0 Å². The molecule has 3 aromatic carbocycles. The van der Waals surface area contributed by atoms with Gasteiger partial charge < -0.3 is 9.84 Å². The highest BCUT2D eigenvalue weighted by molar-refractivity contribution is 5.79. The highest BCUT2D eigenvalue weighted by atomic mass is 16.6. The number of carbonyl (C=O) groups is 1. The fraction of sp³-hybridized carbons (Fsp3) is 0.276. The number of aliphatic hydroxyl groups is 1. The predicted octanol–water partition coefficient (Wildman–Crippen LogP) is 6.14. The molecule has 0 saturated carbocycles. The Morgan fingerprint density at radius 3 is 2.17 bits per heavy atom. The minimum atomic E-state index is -0.446. The average molecular weight is 472 g/mol. The molecule has 1 N–H and O–H groups in total. The zero-order chi connectivity index (χ0) is 25.2. The minimum absolute atomic E-state index is 0.0331. The Hall–Kier alpha value is -3.79. The van der Waals surface area contributed by atoms with Gasteiger partial charge in [0.1, 0.15) is 5.78 Å². The van der Waals surface area contributed by atoms with Crippen LogP contribution in [0.2, 0.25) is 0 Å². The molecular formula is C29H29NO5. The van der Waals surface area contributed by atoms with Gasteiger partial charge in [-0.15, -0.1) is 11.8 Å². The highest BCUT2D eigenvalue weighted by Crippen LogP contribution is 2.45. The van der Waals surface area contributed by atoms with Gasteiger partial charge in [-0.1, -0.05) is 60.7 Å². The van der Waals surface area contributed by atoms with Crippen molar-refractivity contribution in [1.82, 2.24) is 0 Å². The van der Waals surface area contributed by atoms with E-state index in [0.29, 0.717) is 12.8 Å². The predicted molar refractivity (Wildman–Crippen MR) is 134 cm³/mol. The van der Waals surface area contributed by atoms with Crippen LogP contribution in [-0.2, 0) is 9.53 Å². The quantitative estimate of drug-likeness (QED) is 0.265. The van der Waals surface area contributed by atoms with Gasteiger partial charge in [-0.2, -0.15) is 0 Å². The number of aliphatic hydroxyl groups excluding tert-OH is 1. The lowest BCUT2D eigenvalue weighted by atomic mass is 9.90. The van der Waals surface area contributed by atoms with Crippen molar-refractivity contribution in [1.29, 1.82) is 0 Å². The maximum Gasteiger partial charge on any atom is 0.269 e. The zero-order valence-electron chi connectivity index (χ0n) is 19.8. The third kappa shape index (κ3) is 7.10. The van der Waals surface area contributed by atoms with Crippen molar-refractivity contribution in [3.05, 3.63) is 112 Å². The van der Waals surface area contributed by atoms with E-state index in [1.807, 2.05) is 60.7 Å². The number of nitro benzene ring substituents is 1. The van der Waals surface area contributed by atoms with Gasteiger partial charge in [0.05, 0.1) is 29.2 Å². The third-order valence-corrected chi connectivity index (χ3v) is 5.93. The topological polar surface area (TPSA) is 89.7 Å². The van der Waals surface area contributed by atoms with Crippen LogP contribution >= 0.6 is 0 Å². The molecule has 0 radical (unpaired) electrons. The summed E-state index contributed by atoms with van der Waals surface area (Å²) in [7, 11) is 0. The van der Waals surface area contributed by atoms with Crippen molar-refractivity contribution in [2.24, 2.45) is 5.92 Å². The number of ketones is 1. The van der Waals surface area contributed by atoms with Gasteiger partial charge in [0.15, 0.2) is 0 Å².